The van der Waals surface area contributed by atoms with E-state index in [0.29, 0.717) is 10.0 Å². The molecule has 12 heteroatoms. The summed E-state index contributed by atoms with van der Waals surface area (Å²) in [6.07, 6.45) is -1.25. The maximum atomic E-state index is 12.8. The van der Waals surface area contributed by atoms with Gasteiger partial charge >= 0.3 is 17.6 Å². The number of rotatable bonds is 6. The van der Waals surface area contributed by atoms with Crippen LogP contribution in [0.3, 0.4) is 0 Å². The van der Waals surface area contributed by atoms with Gasteiger partial charge in [0.25, 0.3) is 5.91 Å². The van der Waals surface area contributed by atoms with Gasteiger partial charge < -0.3 is 19.5 Å². The van der Waals surface area contributed by atoms with E-state index in [-0.39, 0.29) is 12.4 Å². The number of nitrogens with zero attached hydrogens (tertiary/aromatic N) is 2. The molecular weight excluding hydrogens is 554 g/mol. The Morgan fingerprint density at radius 3 is 2.50 bits per heavy atom. The van der Waals surface area contributed by atoms with Crippen LogP contribution in [-0.4, -0.2) is 51.0 Å². The maximum Gasteiger partial charge on any atom is 0.351 e. The van der Waals surface area contributed by atoms with Crippen molar-refractivity contribution in [2.24, 2.45) is 0 Å². The van der Waals surface area contributed by atoms with E-state index in [1.165, 1.54) is 20.0 Å². The van der Waals surface area contributed by atoms with Gasteiger partial charge in [0.2, 0.25) is 0 Å². The summed E-state index contributed by atoms with van der Waals surface area (Å²) in [5.74, 6) is -1.49. The first-order valence-corrected chi connectivity index (χ1v) is 11.1. The topological polar surface area (TPSA) is 126 Å². The van der Waals surface area contributed by atoms with Gasteiger partial charge in [-0.1, -0.05) is 34.1 Å². The molecule has 10 nitrogen and oxygen atoms in total. The van der Waals surface area contributed by atoms with Gasteiger partial charge in [0, 0.05) is 25.6 Å². The Hall–Kier alpha value is -2.57. The SMILES string of the molecule is CC(=O)OC[C@H]1O[C@@H](n2cc(Br)c(NC(=O)c3ccccc3)nc2=O)[C@H](OC(C)=O)[C@H]1Br. The molecule has 1 fully saturated rings. The molecule has 0 radical (unpaired) electrons. The van der Waals surface area contributed by atoms with Crippen LogP contribution in [0.5, 0.6) is 0 Å². The van der Waals surface area contributed by atoms with E-state index in [1.54, 1.807) is 30.3 Å². The number of carbonyl (C=O) groups excluding carboxylic acids is 3. The fourth-order valence-electron chi connectivity index (χ4n) is 3.05. The van der Waals surface area contributed by atoms with Crippen LogP contribution in [0.1, 0.15) is 30.4 Å². The van der Waals surface area contributed by atoms with Gasteiger partial charge in [0.15, 0.2) is 18.1 Å². The average Bonchev–Trinajstić information content (AvgIpc) is 3.04. The second-order valence-electron chi connectivity index (χ2n) is 6.83. The average molecular weight is 573 g/mol. The van der Waals surface area contributed by atoms with Crippen molar-refractivity contribution >= 4 is 55.5 Å². The number of hydrogen-bond donors (Lipinski definition) is 1. The van der Waals surface area contributed by atoms with Crippen LogP contribution in [0.25, 0.3) is 0 Å². The molecule has 0 bridgehead atoms. The molecule has 2 heterocycles. The second-order valence-corrected chi connectivity index (χ2v) is 8.75. The number of esters is 2. The number of alkyl halides is 1. The lowest BCUT2D eigenvalue weighted by Gasteiger charge is -2.22. The molecule has 1 aromatic heterocycles. The zero-order chi connectivity index (χ0) is 23.4. The number of ether oxygens (including phenoxy) is 3. The second kappa shape index (κ2) is 10.4. The van der Waals surface area contributed by atoms with Gasteiger partial charge in [0.1, 0.15) is 12.7 Å². The molecule has 1 N–H and O–H groups in total. The minimum Gasteiger partial charge on any atom is -0.463 e. The summed E-state index contributed by atoms with van der Waals surface area (Å²) in [6, 6.07) is 8.45. The van der Waals surface area contributed by atoms with E-state index < -0.39 is 46.8 Å². The Bertz CT molecular complexity index is 1080. The van der Waals surface area contributed by atoms with E-state index in [0.717, 1.165) is 4.57 Å². The van der Waals surface area contributed by atoms with E-state index in [2.05, 4.69) is 42.2 Å². The molecule has 2 aromatic rings. The number of aromatic nitrogens is 2. The van der Waals surface area contributed by atoms with Gasteiger partial charge in [-0.05, 0) is 28.1 Å². The number of carbonyl (C=O) groups is 3. The van der Waals surface area contributed by atoms with Crippen LogP contribution < -0.4 is 11.0 Å². The van der Waals surface area contributed by atoms with Crippen LogP contribution in [0.4, 0.5) is 5.82 Å². The lowest BCUT2D eigenvalue weighted by Crippen LogP contribution is -2.37. The number of anilines is 1. The number of benzene rings is 1. The van der Waals surface area contributed by atoms with Crippen LogP contribution in [0.2, 0.25) is 0 Å². The van der Waals surface area contributed by atoms with Crippen molar-refractivity contribution in [1.29, 1.82) is 0 Å². The van der Waals surface area contributed by atoms with Crippen molar-refractivity contribution in [3.05, 3.63) is 57.0 Å². The van der Waals surface area contributed by atoms with Crippen molar-refractivity contribution in [2.45, 2.75) is 37.1 Å². The maximum absolute atomic E-state index is 12.8. The smallest absolute Gasteiger partial charge is 0.351 e. The highest BCUT2D eigenvalue weighted by Crippen LogP contribution is 2.36. The van der Waals surface area contributed by atoms with Gasteiger partial charge in [-0.3, -0.25) is 19.0 Å². The molecule has 1 amide bonds. The Kier molecular flexibility index (Phi) is 7.80. The van der Waals surface area contributed by atoms with Crippen molar-refractivity contribution in [3.63, 3.8) is 0 Å². The Morgan fingerprint density at radius 2 is 1.88 bits per heavy atom. The monoisotopic (exact) mass is 571 g/mol. The fourth-order valence-corrected chi connectivity index (χ4v) is 4.11. The van der Waals surface area contributed by atoms with Gasteiger partial charge in [-0.2, -0.15) is 4.98 Å². The minimum absolute atomic E-state index is 0.0222. The molecular formula is C20H19Br2N3O7. The third-order valence-corrected chi connectivity index (χ3v) is 6.16. The zero-order valence-electron chi connectivity index (χ0n) is 17.0. The van der Waals surface area contributed by atoms with Crippen molar-refractivity contribution in [2.75, 3.05) is 11.9 Å². The van der Waals surface area contributed by atoms with Crippen molar-refractivity contribution < 1.29 is 28.6 Å². The first-order chi connectivity index (χ1) is 15.2. The third-order valence-electron chi connectivity index (χ3n) is 4.47. The van der Waals surface area contributed by atoms with Crippen LogP contribution >= 0.6 is 31.9 Å². The molecule has 1 saturated heterocycles. The fraction of sp³-hybridized carbons (Fsp3) is 0.350. The molecule has 32 heavy (non-hydrogen) atoms. The normalized spacial score (nSPS) is 22.2. The number of hydrogen-bond acceptors (Lipinski definition) is 8. The highest BCUT2D eigenvalue weighted by molar-refractivity contribution is 9.10. The van der Waals surface area contributed by atoms with Gasteiger partial charge in [0.05, 0.1) is 9.30 Å². The van der Waals surface area contributed by atoms with E-state index in [4.69, 9.17) is 14.2 Å². The Labute approximate surface area is 199 Å². The summed E-state index contributed by atoms with van der Waals surface area (Å²) in [4.78, 5) is 51.3. The molecule has 0 aliphatic carbocycles. The van der Waals surface area contributed by atoms with E-state index in [1.807, 2.05) is 0 Å². The minimum atomic E-state index is -1.04. The highest BCUT2D eigenvalue weighted by atomic mass is 79.9. The van der Waals surface area contributed by atoms with Crippen LogP contribution in [0.15, 0.2) is 45.8 Å². The summed E-state index contributed by atoms with van der Waals surface area (Å²) < 4.78 is 17.7. The lowest BCUT2D eigenvalue weighted by molar-refractivity contribution is -0.153. The summed E-state index contributed by atoms with van der Waals surface area (Å²) >= 11 is 6.70. The lowest BCUT2D eigenvalue weighted by atomic mass is 10.2. The molecule has 0 unspecified atom stereocenters. The summed E-state index contributed by atoms with van der Waals surface area (Å²) in [6.45, 7) is 2.39. The first-order valence-electron chi connectivity index (χ1n) is 9.42. The zero-order valence-corrected chi connectivity index (χ0v) is 20.2. The van der Waals surface area contributed by atoms with E-state index in [9.17, 15) is 19.2 Å². The first kappa shape index (κ1) is 24.1. The highest BCUT2D eigenvalue weighted by Gasteiger charge is 2.47. The largest absolute Gasteiger partial charge is 0.463 e. The predicted octanol–water partition coefficient (Wildman–Crippen LogP) is 2.41. The summed E-state index contributed by atoms with van der Waals surface area (Å²) in [5.41, 5.74) is -0.346. The molecule has 0 spiro atoms. The predicted molar refractivity (Wildman–Crippen MR) is 119 cm³/mol. The van der Waals surface area contributed by atoms with Crippen LogP contribution in [-0.2, 0) is 23.8 Å². The molecule has 3 rings (SSSR count). The summed E-state index contributed by atoms with van der Waals surface area (Å²) in [5, 5.41) is 2.58. The molecule has 170 valence electrons. The molecule has 1 aliphatic heterocycles. The van der Waals surface area contributed by atoms with Gasteiger partial charge in [-0.25, -0.2) is 4.79 Å². The molecule has 0 saturated carbocycles. The van der Waals surface area contributed by atoms with Crippen LogP contribution in [0, 0.1) is 0 Å². The number of nitrogens with one attached hydrogen (secondary N) is 1. The standard InChI is InChI=1S/C20H19Br2N3O7/c1-10(26)30-9-14-15(22)16(31-11(2)27)19(32-14)25-8-13(21)17(24-20(25)29)23-18(28)12-6-4-3-5-7-12/h3-8,14-16,19H,9H2,1-2H3,(H,23,24,28,29)/t14-,15+,16-,19-/m1/s1. The number of halogens is 2. The quantitative estimate of drug-likeness (QED) is 0.413. The molecule has 1 aromatic carbocycles. The third kappa shape index (κ3) is 5.61. The molecule has 4 atom stereocenters. The van der Waals surface area contributed by atoms with E-state index >= 15 is 0 Å². The van der Waals surface area contributed by atoms with Crippen molar-refractivity contribution in [1.82, 2.24) is 9.55 Å². The Morgan fingerprint density at radius 1 is 1.19 bits per heavy atom. The van der Waals surface area contributed by atoms with Crippen molar-refractivity contribution in [3.8, 4) is 0 Å². The Balaban J connectivity index is 1.87. The van der Waals surface area contributed by atoms with Gasteiger partial charge in [-0.15, -0.1) is 0 Å². The molecule has 1 aliphatic rings. The number of amides is 1. The summed E-state index contributed by atoms with van der Waals surface area (Å²) in [7, 11) is 0.